The maximum atomic E-state index is 6.16. The first-order chi connectivity index (χ1) is 13.4. The zero-order valence-corrected chi connectivity index (χ0v) is 19.9. The van der Waals surface area contributed by atoms with Crippen molar-refractivity contribution >= 4 is 27.5 Å². The zero-order valence-electron chi connectivity index (χ0n) is 17.2. The average Bonchev–Trinajstić information content (AvgIpc) is 3.09. The Morgan fingerprint density at radius 1 is 1.14 bits per heavy atom. The van der Waals surface area contributed by atoms with E-state index in [4.69, 9.17) is 14.2 Å². The van der Waals surface area contributed by atoms with E-state index >= 15 is 0 Å². The summed E-state index contributed by atoms with van der Waals surface area (Å²) in [6.07, 6.45) is 3.98. The van der Waals surface area contributed by atoms with Gasteiger partial charge in [0.1, 0.15) is 0 Å². The Morgan fingerprint density at radius 3 is 2.68 bits per heavy atom. The number of benzene rings is 1. The Kier molecular flexibility index (Phi) is 7.52. The van der Waals surface area contributed by atoms with E-state index in [1.54, 1.807) is 6.20 Å². The monoisotopic (exact) mass is 466 g/mol. The van der Waals surface area contributed by atoms with Crippen molar-refractivity contribution in [1.82, 2.24) is 9.97 Å². The van der Waals surface area contributed by atoms with Crippen LogP contribution in [0.2, 0.25) is 25.7 Å². The molecule has 1 aromatic heterocycles. The summed E-state index contributed by atoms with van der Waals surface area (Å²) in [6.45, 7) is 10.2. The fourth-order valence-corrected chi connectivity index (χ4v) is 5.77. The van der Waals surface area contributed by atoms with E-state index in [1.807, 2.05) is 6.92 Å². The van der Waals surface area contributed by atoms with Crippen LogP contribution in [-0.2, 0) is 4.74 Å². The van der Waals surface area contributed by atoms with Gasteiger partial charge in [0.25, 0.3) is 0 Å². The summed E-state index contributed by atoms with van der Waals surface area (Å²) < 4.78 is 19.2. The Morgan fingerprint density at radius 2 is 1.93 bits per heavy atom. The first kappa shape index (κ1) is 21.3. The summed E-state index contributed by atoms with van der Waals surface area (Å²) in [4.78, 5) is 8.74. The third-order valence-corrected chi connectivity index (χ3v) is 8.60. The van der Waals surface area contributed by atoms with E-state index in [2.05, 4.69) is 59.9 Å². The van der Waals surface area contributed by atoms with E-state index in [0.717, 1.165) is 24.4 Å². The third kappa shape index (κ3) is 6.89. The van der Waals surface area contributed by atoms with E-state index < -0.39 is 8.07 Å². The van der Waals surface area contributed by atoms with Crippen LogP contribution in [0.1, 0.15) is 18.4 Å². The van der Waals surface area contributed by atoms with E-state index in [9.17, 15) is 0 Å². The standard InChI is InChI=1S/C21H30N2O3SeSi/c1-16-14-22-21(23-20(16)24-12-13-28(2,3)4)25-15-17-10-11-19(26-17)27-18-8-6-5-7-9-18/h5-9,14,17,19H,10-13,15H2,1-4H3/t17-,19+/m0/s1. The molecule has 0 N–H and O–H groups in total. The van der Waals surface area contributed by atoms with Crippen LogP contribution in [0, 0.1) is 6.92 Å². The molecule has 1 aromatic carbocycles. The van der Waals surface area contributed by atoms with Gasteiger partial charge in [0.15, 0.2) is 0 Å². The predicted molar refractivity (Wildman–Crippen MR) is 116 cm³/mol. The molecule has 1 aliphatic rings. The summed E-state index contributed by atoms with van der Waals surface area (Å²) in [6, 6.07) is 12.1. The molecule has 1 saturated heterocycles. The van der Waals surface area contributed by atoms with Gasteiger partial charge in [0.05, 0.1) is 0 Å². The molecule has 3 rings (SSSR count). The molecular weight excluding hydrogens is 435 g/mol. The van der Waals surface area contributed by atoms with Gasteiger partial charge in [-0.2, -0.15) is 0 Å². The number of rotatable bonds is 9. The minimum Gasteiger partial charge on any atom is -0.0694 e. The van der Waals surface area contributed by atoms with Gasteiger partial charge in [0.2, 0.25) is 0 Å². The van der Waals surface area contributed by atoms with Crippen LogP contribution in [-0.4, -0.2) is 57.3 Å². The molecule has 2 heterocycles. The Bertz CT molecular complexity index is 755. The second kappa shape index (κ2) is 9.88. The fraction of sp³-hybridized carbons (Fsp3) is 0.524. The van der Waals surface area contributed by atoms with Gasteiger partial charge in [0, 0.05) is 0 Å². The van der Waals surface area contributed by atoms with E-state index in [1.165, 1.54) is 4.46 Å². The van der Waals surface area contributed by atoms with E-state index in [0.29, 0.717) is 45.1 Å². The van der Waals surface area contributed by atoms with Crippen molar-refractivity contribution in [3.63, 3.8) is 0 Å². The van der Waals surface area contributed by atoms with Crippen LogP contribution in [0.25, 0.3) is 0 Å². The molecule has 1 fully saturated rings. The van der Waals surface area contributed by atoms with Crippen LogP contribution < -0.4 is 13.9 Å². The number of aromatic nitrogens is 2. The van der Waals surface area contributed by atoms with Gasteiger partial charge in [-0.3, -0.25) is 0 Å². The zero-order chi connectivity index (χ0) is 20.0. The van der Waals surface area contributed by atoms with Crippen molar-refractivity contribution in [2.24, 2.45) is 0 Å². The minimum absolute atomic E-state index is 0.108. The van der Waals surface area contributed by atoms with Gasteiger partial charge >= 0.3 is 156 Å². The number of ether oxygens (including phenoxy) is 3. The molecule has 0 spiro atoms. The second-order valence-corrected chi connectivity index (χ2v) is 16.5. The second-order valence-electron chi connectivity index (χ2n) is 8.31. The van der Waals surface area contributed by atoms with E-state index in [-0.39, 0.29) is 6.10 Å². The summed E-state index contributed by atoms with van der Waals surface area (Å²) in [5, 5.41) is 0.322. The van der Waals surface area contributed by atoms with Crippen molar-refractivity contribution in [1.29, 1.82) is 0 Å². The first-order valence-electron chi connectivity index (χ1n) is 9.85. The van der Waals surface area contributed by atoms with Crippen LogP contribution in [0.3, 0.4) is 0 Å². The molecule has 0 unspecified atom stereocenters. The molecule has 2 aromatic rings. The number of hydrogen-bond acceptors (Lipinski definition) is 5. The Hall–Kier alpha value is -1.40. The van der Waals surface area contributed by atoms with Gasteiger partial charge in [-0.25, -0.2) is 0 Å². The van der Waals surface area contributed by atoms with Gasteiger partial charge in [-0.15, -0.1) is 0 Å². The first-order valence-corrected chi connectivity index (χ1v) is 15.4. The molecule has 28 heavy (non-hydrogen) atoms. The van der Waals surface area contributed by atoms with Gasteiger partial charge in [-0.1, -0.05) is 19.6 Å². The van der Waals surface area contributed by atoms with Crippen LogP contribution in [0.4, 0.5) is 0 Å². The maximum absolute atomic E-state index is 6.16. The predicted octanol–water partition coefficient (Wildman–Crippen LogP) is 3.42. The quantitative estimate of drug-likeness (QED) is 0.532. The Labute approximate surface area is 175 Å². The van der Waals surface area contributed by atoms with Crippen LogP contribution in [0.5, 0.6) is 11.9 Å². The summed E-state index contributed by atoms with van der Waals surface area (Å²) >= 11 is 0.341. The molecule has 2 atom stereocenters. The SMILES string of the molecule is Cc1cnc(OC[C@@H]2CC[C@@H]([Se]c3ccccc3)O2)nc1OCC[Si](C)(C)C. The molecule has 1 aliphatic heterocycles. The molecule has 0 aliphatic carbocycles. The van der Waals surface area contributed by atoms with Crippen molar-refractivity contribution in [2.45, 2.75) is 56.6 Å². The van der Waals surface area contributed by atoms with Crippen molar-refractivity contribution in [3.8, 4) is 11.9 Å². The average molecular weight is 466 g/mol. The molecule has 7 heteroatoms. The smallest absolute Gasteiger partial charge is 0.0694 e. The molecule has 0 bridgehead atoms. The minimum atomic E-state index is -1.12. The van der Waals surface area contributed by atoms with Gasteiger partial charge < -0.3 is 0 Å². The third-order valence-electron chi connectivity index (χ3n) is 4.47. The normalized spacial score (nSPS) is 19.6. The topological polar surface area (TPSA) is 53.5 Å². The fourth-order valence-electron chi connectivity index (χ4n) is 2.78. The molecular formula is C21H30N2O3SeSi. The number of nitrogens with zero attached hydrogens (tertiary/aromatic N) is 2. The summed E-state index contributed by atoms with van der Waals surface area (Å²) in [5.74, 6) is 0.626. The number of aryl methyl sites for hydroxylation is 1. The summed E-state index contributed by atoms with van der Waals surface area (Å²) in [7, 11) is -1.12. The van der Waals surface area contributed by atoms with Crippen LogP contribution >= 0.6 is 0 Å². The van der Waals surface area contributed by atoms with Crippen LogP contribution in [0.15, 0.2) is 36.5 Å². The molecule has 5 nitrogen and oxygen atoms in total. The van der Waals surface area contributed by atoms with Crippen molar-refractivity contribution in [2.75, 3.05) is 13.2 Å². The molecule has 0 radical (unpaired) electrons. The Balaban J connectivity index is 1.46. The molecule has 152 valence electrons. The van der Waals surface area contributed by atoms with Crippen molar-refractivity contribution < 1.29 is 14.2 Å². The molecule has 0 saturated carbocycles. The summed E-state index contributed by atoms with van der Waals surface area (Å²) in [5.41, 5.74) is 0.936. The van der Waals surface area contributed by atoms with Crippen molar-refractivity contribution in [3.05, 3.63) is 42.1 Å². The number of hydrogen-bond donors (Lipinski definition) is 0. The van der Waals surface area contributed by atoms with Gasteiger partial charge in [-0.05, 0) is 0 Å². The molecule has 0 amide bonds.